The fraction of sp³-hybridized carbons (Fsp3) is 0.500. The number of aliphatic hydroxyl groups excluding tert-OH is 1. The summed E-state index contributed by atoms with van der Waals surface area (Å²) < 4.78 is 0. The van der Waals surface area contributed by atoms with E-state index >= 15 is 0 Å². The Labute approximate surface area is 117 Å². The number of carbonyl (C=O) groups excluding carboxylic acids is 1. The van der Waals surface area contributed by atoms with Crippen molar-refractivity contribution in [3.05, 3.63) is 35.4 Å². The zero-order valence-corrected chi connectivity index (χ0v) is 12.5. The summed E-state index contributed by atoms with van der Waals surface area (Å²) in [6, 6.07) is 7.45. The second-order valence-corrected chi connectivity index (χ2v) is 4.99. The smallest absolute Gasteiger partial charge is 0.251 e. The van der Waals surface area contributed by atoms with Crippen molar-refractivity contribution in [2.45, 2.75) is 37.6 Å². The summed E-state index contributed by atoms with van der Waals surface area (Å²) in [5.74, 6) is -0.131. The molecular weight excluding hydrogens is 294 g/mol. The Morgan fingerprint density at radius 3 is 2.22 bits per heavy atom. The van der Waals surface area contributed by atoms with E-state index in [4.69, 9.17) is 0 Å². The number of benzene rings is 1. The molecule has 0 radical (unpaired) electrons. The van der Waals surface area contributed by atoms with Crippen LogP contribution in [0.3, 0.4) is 0 Å². The van der Waals surface area contributed by atoms with Crippen LogP contribution >= 0.6 is 15.9 Å². The Kier molecular flexibility index (Phi) is 5.82. The van der Waals surface area contributed by atoms with Crippen LogP contribution in [0, 0.1) is 0 Å². The van der Waals surface area contributed by atoms with Crippen LogP contribution in [0.1, 0.15) is 42.6 Å². The van der Waals surface area contributed by atoms with Crippen LogP contribution in [0.4, 0.5) is 0 Å². The van der Waals surface area contributed by atoms with Crippen molar-refractivity contribution >= 4 is 21.8 Å². The highest BCUT2D eigenvalue weighted by molar-refractivity contribution is 9.08. The molecule has 18 heavy (non-hydrogen) atoms. The average Bonchev–Trinajstić information content (AvgIpc) is 2.45. The minimum atomic E-state index is -0.509. The largest absolute Gasteiger partial charge is 0.394 e. The van der Waals surface area contributed by atoms with Gasteiger partial charge < -0.3 is 10.4 Å². The van der Waals surface area contributed by atoms with E-state index in [1.54, 1.807) is 12.1 Å². The number of alkyl halides is 1. The molecule has 0 heterocycles. The molecule has 2 N–H and O–H groups in total. The van der Waals surface area contributed by atoms with Gasteiger partial charge in [-0.3, -0.25) is 4.79 Å². The van der Waals surface area contributed by atoms with Gasteiger partial charge in [0.05, 0.1) is 12.1 Å². The highest BCUT2D eigenvalue weighted by Gasteiger charge is 2.27. The average molecular weight is 314 g/mol. The standard InChI is InChI=1S/C14H20BrNO2/c1-3-14(4-2,10-17)16-13(18)12-7-5-11(9-15)6-8-12/h5-8,17H,3-4,9-10H2,1-2H3,(H,16,18). The van der Waals surface area contributed by atoms with E-state index in [0.29, 0.717) is 18.4 Å². The van der Waals surface area contributed by atoms with E-state index in [9.17, 15) is 9.90 Å². The Morgan fingerprint density at radius 1 is 1.28 bits per heavy atom. The van der Waals surface area contributed by atoms with Gasteiger partial charge in [0.2, 0.25) is 0 Å². The second-order valence-electron chi connectivity index (χ2n) is 4.43. The predicted molar refractivity (Wildman–Crippen MR) is 76.9 cm³/mol. The van der Waals surface area contributed by atoms with Gasteiger partial charge in [-0.1, -0.05) is 41.9 Å². The van der Waals surface area contributed by atoms with Crippen molar-refractivity contribution in [3.8, 4) is 0 Å². The van der Waals surface area contributed by atoms with Gasteiger partial charge in [-0.2, -0.15) is 0 Å². The van der Waals surface area contributed by atoms with E-state index in [2.05, 4.69) is 21.2 Å². The lowest BCUT2D eigenvalue weighted by atomic mass is 9.93. The summed E-state index contributed by atoms with van der Waals surface area (Å²) in [6.45, 7) is 3.90. The molecule has 0 bridgehead atoms. The van der Waals surface area contributed by atoms with Crippen molar-refractivity contribution in [2.24, 2.45) is 0 Å². The number of rotatable bonds is 6. The van der Waals surface area contributed by atoms with Crippen LogP contribution in [0.15, 0.2) is 24.3 Å². The van der Waals surface area contributed by atoms with Gasteiger partial charge in [0.25, 0.3) is 5.91 Å². The van der Waals surface area contributed by atoms with Crippen LogP contribution in [0.25, 0.3) is 0 Å². The fourth-order valence-electron chi connectivity index (χ4n) is 1.75. The topological polar surface area (TPSA) is 49.3 Å². The number of hydrogen-bond acceptors (Lipinski definition) is 2. The number of halogens is 1. The maximum absolute atomic E-state index is 12.1. The van der Waals surface area contributed by atoms with Gasteiger partial charge in [0.15, 0.2) is 0 Å². The van der Waals surface area contributed by atoms with Crippen molar-refractivity contribution in [1.82, 2.24) is 5.32 Å². The maximum atomic E-state index is 12.1. The molecule has 0 fully saturated rings. The Hall–Kier alpha value is -0.870. The van der Waals surface area contributed by atoms with E-state index < -0.39 is 5.54 Å². The number of hydrogen-bond donors (Lipinski definition) is 2. The van der Waals surface area contributed by atoms with Gasteiger partial charge in [-0.05, 0) is 30.5 Å². The number of carbonyl (C=O) groups is 1. The molecule has 4 heteroatoms. The van der Waals surface area contributed by atoms with Gasteiger partial charge in [-0.15, -0.1) is 0 Å². The van der Waals surface area contributed by atoms with Crippen molar-refractivity contribution in [3.63, 3.8) is 0 Å². The van der Waals surface area contributed by atoms with Gasteiger partial charge >= 0.3 is 0 Å². The second kappa shape index (κ2) is 6.90. The first-order chi connectivity index (χ1) is 8.60. The van der Waals surface area contributed by atoms with Gasteiger partial charge in [0, 0.05) is 10.9 Å². The highest BCUT2D eigenvalue weighted by atomic mass is 79.9. The number of amides is 1. The lowest BCUT2D eigenvalue weighted by Crippen LogP contribution is -2.50. The van der Waals surface area contributed by atoms with E-state index in [-0.39, 0.29) is 12.5 Å². The predicted octanol–water partition coefficient (Wildman–Crippen LogP) is 2.86. The molecule has 100 valence electrons. The Bertz CT molecular complexity index is 377. The molecule has 1 aromatic carbocycles. The van der Waals surface area contributed by atoms with E-state index in [1.165, 1.54) is 0 Å². The molecule has 0 saturated heterocycles. The van der Waals surface area contributed by atoms with Crippen LogP contribution < -0.4 is 5.32 Å². The molecule has 1 rings (SSSR count). The van der Waals surface area contributed by atoms with Crippen LogP contribution in [0.5, 0.6) is 0 Å². The Morgan fingerprint density at radius 2 is 1.83 bits per heavy atom. The molecule has 0 aliphatic rings. The monoisotopic (exact) mass is 313 g/mol. The first kappa shape index (κ1) is 15.2. The minimum absolute atomic E-state index is 0.0365. The van der Waals surface area contributed by atoms with Crippen molar-refractivity contribution in [1.29, 1.82) is 0 Å². The normalized spacial score (nSPS) is 11.3. The lowest BCUT2D eigenvalue weighted by Gasteiger charge is -2.30. The number of nitrogens with one attached hydrogen (secondary N) is 1. The SMILES string of the molecule is CCC(CC)(CO)NC(=O)c1ccc(CBr)cc1. The third-order valence-electron chi connectivity index (χ3n) is 3.41. The maximum Gasteiger partial charge on any atom is 0.251 e. The first-order valence-corrected chi connectivity index (χ1v) is 7.31. The van der Waals surface area contributed by atoms with Crippen molar-refractivity contribution < 1.29 is 9.90 Å². The van der Waals surface area contributed by atoms with E-state index in [1.807, 2.05) is 26.0 Å². The minimum Gasteiger partial charge on any atom is -0.394 e. The quantitative estimate of drug-likeness (QED) is 0.793. The summed E-state index contributed by atoms with van der Waals surface area (Å²) in [4.78, 5) is 12.1. The van der Waals surface area contributed by atoms with Gasteiger partial charge in [0.1, 0.15) is 0 Å². The molecule has 0 aliphatic carbocycles. The Balaban J connectivity index is 2.80. The zero-order valence-electron chi connectivity index (χ0n) is 10.9. The lowest BCUT2D eigenvalue weighted by molar-refractivity contribution is 0.0818. The summed E-state index contributed by atoms with van der Waals surface area (Å²) >= 11 is 3.37. The highest BCUT2D eigenvalue weighted by Crippen LogP contribution is 2.16. The molecule has 0 atom stereocenters. The summed E-state index contributed by atoms with van der Waals surface area (Å²) in [5, 5.41) is 13.1. The molecular formula is C14H20BrNO2. The first-order valence-electron chi connectivity index (χ1n) is 6.19. The summed E-state index contributed by atoms with van der Waals surface area (Å²) in [6.07, 6.45) is 1.43. The molecule has 0 spiro atoms. The van der Waals surface area contributed by atoms with Crippen molar-refractivity contribution in [2.75, 3.05) is 6.61 Å². The zero-order chi connectivity index (χ0) is 13.6. The molecule has 1 amide bonds. The summed E-state index contributed by atoms with van der Waals surface area (Å²) in [7, 11) is 0. The third kappa shape index (κ3) is 3.56. The molecule has 0 unspecified atom stereocenters. The fourth-order valence-corrected chi connectivity index (χ4v) is 2.12. The molecule has 1 aromatic rings. The van der Waals surface area contributed by atoms with E-state index in [0.717, 1.165) is 10.9 Å². The number of aliphatic hydroxyl groups is 1. The molecule has 3 nitrogen and oxygen atoms in total. The molecule has 0 aliphatic heterocycles. The van der Waals surface area contributed by atoms with Gasteiger partial charge in [-0.25, -0.2) is 0 Å². The summed E-state index contributed by atoms with van der Waals surface area (Å²) in [5.41, 5.74) is 1.25. The third-order valence-corrected chi connectivity index (χ3v) is 4.05. The molecule has 0 saturated carbocycles. The molecule has 0 aromatic heterocycles. The van der Waals surface area contributed by atoms with Crippen LogP contribution in [0.2, 0.25) is 0 Å². The van der Waals surface area contributed by atoms with Crippen LogP contribution in [-0.4, -0.2) is 23.2 Å². The van der Waals surface area contributed by atoms with Crippen LogP contribution in [-0.2, 0) is 5.33 Å².